The summed E-state index contributed by atoms with van der Waals surface area (Å²) in [5.41, 5.74) is 0.827. The van der Waals surface area contributed by atoms with Gasteiger partial charge in [0.25, 0.3) is 11.7 Å². The van der Waals surface area contributed by atoms with Crippen molar-refractivity contribution in [2.75, 3.05) is 4.90 Å². The molecule has 96 valence electrons. The highest BCUT2D eigenvalue weighted by Crippen LogP contribution is 2.32. The van der Waals surface area contributed by atoms with E-state index in [1.807, 2.05) is 0 Å². The third-order valence-corrected chi connectivity index (χ3v) is 3.02. The molecule has 1 aromatic carbocycles. The van der Waals surface area contributed by atoms with E-state index in [1.165, 1.54) is 9.70 Å². The lowest BCUT2D eigenvalue weighted by molar-refractivity contribution is -0.114. The molecule has 1 amide bonds. The van der Waals surface area contributed by atoms with E-state index in [0.29, 0.717) is 22.1 Å². The fourth-order valence-corrected chi connectivity index (χ4v) is 2.12. The zero-order valence-corrected chi connectivity index (χ0v) is 10.6. The van der Waals surface area contributed by atoms with Crippen LogP contribution in [0.15, 0.2) is 18.2 Å². The van der Waals surface area contributed by atoms with Gasteiger partial charge in [-0.3, -0.25) is 14.5 Å². The summed E-state index contributed by atoms with van der Waals surface area (Å²) in [6.45, 7) is 0.0890. The number of Topliss-reactive ketones (excluding diaryl/α,β-unsaturated/α-hetero) is 1. The van der Waals surface area contributed by atoms with E-state index in [2.05, 4.69) is 15.4 Å². The molecule has 0 atom stereocenters. The summed E-state index contributed by atoms with van der Waals surface area (Å²) in [6.07, 6.45) is 0. The SMILES string of the molecule is Cn1nnc(CN2C(=O)C(=O)c3ccc(Cl)cc32)n1. The highest BCUT2D eigenvalue weighted by molar-refractivity contribution is 6.52. The third-order valence-electron chi connectivity index (χ3n) is 2.78. The van der Waals surface area contributed by atoms with Crippen molar-refractivity contribution in [1.29, 1.82) is 0 Å². The summed E-state index contributed by atoms with van der Waals surface area (Å²) in [4.78, 5) is 26.3. The molecule has 1 aliphatic heterocycles. The molecule has 0 saturated heterocycles. The van der Waals surface area contributed by atoms with E-state index >= 15 is 0 Å². The largest absolute Gasteiger partial charge is 0.299 e. The second-order valence-electron chi connectivity index (χ2n) is 4.08. The van der Waals surface area contributed by atoms with Crippen LogP contribution in [0.2, 0.25) is 5.02 Å². The summed E-state index contributed by atoms with van der Waals surface area (Å²) in [5.74, 6) is -0.795. The number of fused-ring (bicyclic) bond motifs is 1. The maximum Gasteiger partial charge on any atom is 0.299 e. The molecular weight excluding hydrogens is 270 g/mol. The fraction of sp³-hybridized carbons (Fsp3) is 0.182. The van der Waals surface area contributed by atoms with Gasteiger partial charge in [-0.25, -0.2) is 0 Å². The topological polar surface area (TPSA) is 81.0 Å². The number of rotatable bonds is 2. The predicted octanol–water partition coefficient (Wildman–Crippen LogP) is 0.593. The number of tetrazole rings is 1. The van der Waals surface area contributed by atoms with Crippen LogP contribution in [0.25, 0.3) is 0 Å². The highest BCUT2D eigenvalue weighted by atomic mass is 35.5. The van der Waals surface area contributed by atoms with Gasteiger partial charge in [-0.15, -0.1) is 10.2 Å². The molecule has 0 radical (unpaired) electrons. The van der Waals surface area contributed by atoms with E-state index in [1.54, 1.807) is 25.2 Å². The van der Waals surface area contributed by atoms with E-state index in [-0.39, 0.29) is 6.54 Å². The minimum absolute atomic E-state index is 0.0890. The molecule has 1 aromatic heterocycles. The first-order valence-electron chi connectivity index (χ1n) is 5.45. The van der Waals surface area contributed by atoms with Gasteiger partial charge in [0.2, 0.25) is 0 Å². The Kier molecular flexibility index (Phi) is 2.56. The van der Waals surface area contributed by atoms with Crippen LogP contribution in [-0.2, 0) is 18.4 Å². The molecule has 3 rings (SSSR count). The molecule has 0 unspecified atom stereocenters. The Morgan fingerprint density at radius 2 is 2.11 bits per heavy atom. The van der Waals surface area contributed by atoms with Crippen molar-refractivity contribution in [1.82, 2.24) is 20.2 Å². The number of anilines is 1. The molecule has 2 heterocycles. The Hall–Kier alpha value is -2.28. The summed E-state index contributed by atoms with van der Waals surface area (Å²) < 4.78 is 0. The first-order valence-corrected chi connectivity index (χ1v) is 5.82. The highest BCUT2D eigenvalue weighted by Gasteiger charge is 2.36. The van der Waals surface area contributed by atoms with Gasteiger partial charge in [0.1, 0.15) is 0 Å². The average molecular weight is 278 g/mol. The molecule has 0 N–H and O–H groups in total. The number of halogens is 1. The number of amides is 1. The van der Waals surface area contributed by atoms with E-state index in [4.69, 9.17) is 11.6 Å². The molecule has 8 heteroatoms. The van der Waals surface area contributed by atoms with Crippen LogP contribution in [0, 0.1) is 0 Å². The van der Waals surface area contributed by atoms with E-state index in [0.717, 1.165) is 0 Å². The van der Waals surface area contributed by atoms with Gasteiger partial charge >= 0.3 is 0 Å². The van der Waals surface area contributed by atoms with Crippen molar-refractivity contribution < 1.29 is 9.59 Å². The number of hydrogen-bond acceptors (Lipinski definition) is 5. The van der Waals surface area contributed by atoms with Crippen molar-refractivity contribution >= 4 is 29.0 Å². The lowest BCUT2D eigenvalue weighted by Crippen LogP contribution is -2.29. The quantitative estimate of drug-likeness (QED) is 0.751. The normalized spacial score (nSPS) is 14.1. The Morgan fingerprint density at radius 1 is 1.32 bits per heavy atom. The number of benzene rings is 1. The van der Waals surface area contributed by atoms with Gasteiger partial charge in [0.15, 0.2) is 5.82 Å². The Morgan fingerprint density at radius 3 is 2.79 bits per heavy atom. The van der Waals surface area contributed by atoms with Crippen LogP contribution in [0.4, 0.5) is 5.69 Å². The number of aryl methyl sites for hydroxylation is 1. The summed E-state index contributed by atoms with van der Waals surface area (Å²) >= 11 is 5.89. The van der Waals surface area contributed by atoms with E-state index in [9.17, 15) is 9.59 Å². The standard InChI is InChI=1S/C11H8ClN5O2/c1-16-14-9(13-15-16)5-17-8-4-6(12)2-3-7(8)10(18)11(17)19/h2-4H,5H2,1H3. The van der Waals surface area contributed by atoms with Gasteiger partial charge in [0.05, 0.1) is 24.8 Å². The van der Waals surface area contributed by atoms with Crippen LogP contribution in [0.3, 0.4) is 0 Å². The number of hydrogen-bond donors (Lipinski definition) is 0. The molecule has 0 saturated carbocycles. The van der Waals surface area contributed by atoms with E-state index < -0.39 is 11.7 Å². The van der Waals surface area contributed by atoms with Crippen LogP contribution in [-0.4, -0.2) is 31.9 Å². The Balaban J connectivity index is 2.01. The number of carbonyl (C=O) groups is 2. The van der Waals surface area contributed by atoms with Gasteiger partial charge in [-0.05, 0) is 23.4 Å². The maximum absolute atomic E-state index is 11.9. The summed E-state index contributed by atoms with van der Waals surface area (Å²) in [5, 5.41) is 11.9. The molecule has 1 aliphatic rings. The molecule has 0 bridgehead atoms. The molecule has 2 aromatic rings. The molecule has 19 heavy (non-hydrogen) atoms. The third kappa shape index (κ3) is 1.88. The summed E-state index contributed by atoms with van der Waals surface area (Å²) in [7, 11) is 1.62. The number of aromatic nitrogens is 4. The first-order chi connectivity index (χ1) is 9.06. The average Bonchev–Trinajstić information content (AvgIpc) is 2.88. The van der Waals surface area contributed by atoms with Gasteiger partial charge in [0, 0.05) is 5.02 Å². The van der Waals surface area contributed by atoms with Crippen LogP contribution in [0.5, 0.6) is 0 Å². The number of ketones is 1. The van der Waals surface area contributed by atoms with Crippen molar-refractivity contribution in [2.45, 2.75) is 6.54 Å². The van der Waals surface area contributed by atoms with Gasteiger partial charge in [-0.2, -0.15) is 4.80 Å². The molecule has 7 nitrogen and oxygen atoms in total. The Bertz CT molecular complexity index is 696. The monoisotopic (exact) mass is 277 g/mol. The second-order valence-corrected chi connectivity index (χ2v) is 4.51. The molecule has 0 spiro atoms. The van der Waals surface area contributed by atoms with Gasteiger partial charge < -0.3 is 0 Å². The van der Waals surface area contributed by atoms with Crippen molar-refractivity contribution in [2.24, 2.45) is 7.05 Å². The van der Waals surface area contributed by atoms with Crippen LogP contribution < -0.4 is 4.90 Å². The second kappa shape index (κ2) is 4.13. The summed E-state index contributed by atoms with van der Waals surface area (Å²) in [6, 6.07) is 4.70. The van der Waals surface area contributed by atoms with Crippen LogP contribution >= 0.6 is 11.6 Å². The van der Waals surface area contributed by atoms with Crippen LogP contribution in [0.1, 0.15) is 16.2 Å². The van der Waals surface area contributed by atoms with Crippen molar-refractivity contribution in [3.63, 3.8) is 0 Å². The lowest BCUT2D eigenvalue weighted by atomic mass is 10.1. The van der Waals surface area contributed by atoms with Gasteiger partial charge in [-0.1, -0.05) is 11.6 Å². The maximum atomic E-state index is 11.9. The Labute approximate surface area is 112 Å². The molecular formula is C11H8ClN5O2. The number of nitrogens with zero attached hydrogens (tertiary/aromatic N) is 5. The zero-order chi connectivity index (χ0) is 13.6. The smallest absolute Gasteiger partial charge is 0.297 e. The minimum Gasteiger partial charge on any atom is -0.297 e. The van der Waals surface area contributed by atoms with Crippen molar-refractivity contribution in [3.05, 3.63) is 34.6 Å². The number of carbonyl (C=O) groups excluding carboxylic acids is 2. The first kappa shape index (κ1) is 11.8. The minimum atomic E-state index is -0.607. The lowest BCUT2D eigenvalue weighted by Gasteiger charge is -2.13. The molecule has 0 aliphatic carbocycles. The zero-order valence-electron chi connectivity index (χ0n) is 9.87. The predicted molar refractivity (Wildman–Crippen MR) is 65.8 cm³/mol. The fourth-order valence-electron chi connectivity index (χ4n) is 1.95. The van der Waals surface area contributed by atoms with Crippen molar-refractivity contribution in [3.8, 4) is 0 Å². The molecule has 0 fully saturated rings.